The molecule has 0 atom stereocenters. The van der Waals surface area contributed by atoms with Crippen LogP contribution >= 0.6 is 22.9 Å². The maximum absolute atomic E-state index is 11.8. The summed E-state index contributed by atoms with van der Waals surface area (Å²) < 4.78 is -0.00166. The lowest BCUT2D eigenvalue weighted by molar-refractivity contribution is -0.384. The number of nitrogens with one attached hydrogen (secondary N) is 1. The molecular formula is C11H7ClN2O3S. The van der Waals surface area contributed by atoms with Crippen molar-refractivity contribution in [2.45, 2.75) is 0 Å². The number of benzene rings is 1. The summed E-state index contributed by atoms with van der Waals surface area (Å²) in [5, 5.41) is 13.2. The van der Waals surface area contributed by atoms with E-state index in [2.05, 4.69) is 5.32 Å². The number of nitrogens with zero attached hydrogens (tertiary/aromatic N) is 1. The third-order valence-electron chi connectivity index (χ3n) is 2.12. The zero-order chi connectivity index (χ0) is 13.1. The number of para-hydroxylation sites is 1. The molecule has 18 heavy (non-hydrogen) atoms. The van der Waals surface area contributed by atoms with Gasteiger partial charge in [-0.25, -0.2) is 0 Å². The monoisotopic (exact) mass is 282 g/mol. The lowest BCUT2D eigenvalue weighted by atomic mass is 10.3. The molecule has 92 valence electrons. The first kappa shape index (κ1) is 12.5. The van der Waals surface area contributed by atoms with Crippen LogP contribution in [0.2, 0.25) is 4.34 Å². The SMILES string of the molecule is O=C(Nc1ccccc1)c1cc([N+](=O)[O-])c(Cl)s1. The van der Waals surface area contributed by atoms with Gasteiger partial charge in [0.05, 0.1) is 4.92 Å². The first-order chi connectivity index (χ1) is 8.58. The normalized spacial score (nSPS) is 10.1. The van der Waals surface area contributed by atoms with Crippen LogP contribution in [0.1, 0.15) is 9.67 Å². The fourth-order valence-corrected chi connectivity index (χ4v) is 2.43. The Balaban J connectivity index is 2.20. The highest BCUT2D eigenvalue weighted by molar-refractivity contribution is 7.18. The summed E-state index contributed by atoms with van der Waals surface area (Å²) in [4.78, 5) is 22.0. The third kappa shape index (κ3) is 2.66. The van der Waals surface area contributed by atoms with Crippen LogP contribution < -0.4 is 5.32 Å². The fraction of sp³-hybridized carbons (Fsp3) is 0. The molecule has 7 heteroatoms. The van der Waals surface area contributed by atoms with E-state index in [0.29, 0.717) is 5.69 Å². The molecule has 0 unspecified atom stereocenters. The largest absolute Gasteiger partial charge is 0.321 e. The molecule has 0 fully saturated rings. The Morgan fingerprint density at radius 1 is 1.33 bits per heavy atom. The van der Waals surface area contributed by atoms with Crippen molar-refractivity contribution in [3.63, 3.8) is 0 Å². The number of anilines is 1. The highest BCUT2D eigenvalue weighted by Gasteiger charge is 2.20. The van der Waals surface area contributed by atoms with Crippen molar-refractivity contribution in [2.75, 3.05) is 5.32 Å². The molecule has 1 N–H and O–H groups in total. The molecule has 0 spiro atoms. The van der Waals surface area contributed by atoms with Gasteiger partial charge in [0, 0.05) is 11.8 Å². The lowest BCUT2D eigenvalue weighted by Gasteiger charge is -2.01. The number of thiophene rings is 1. The quantitative estimate of drug-likeness (QED) is 0.691. The van der Waals surface area contributed by atoms with Crippen molar-refractivity contribution in [2.24, 2.45) is 0 Å². The van der Waals surface area contributed by atoms with Crippen LogP contribution in [0.25, 0.3) is 0 Å². The highest BCUT2D eigenvalue weighted by Crippen LogP contribution is 2.33. The molecule has 1 aromatic carbocycles. The topological polar surface area (TPSA) is 72.2 Å². The second-order valence-corrected chi connectivity index (χ2v) is 5.00. The lowest BCUT2D eigenvalue weighted by Crippen LogP contribution is -2.09. The fourth-order valence-electron chi connectivity index (χ4n) is 1.31. The molecule has 0 saturated carbocycles. The van der Waals surface area contributed by atoms with Crippen molar-refractivity contribution in [1.29, 1.82) is 0 Å². The minimum Gasteiger partial charge on any atom is -0.321 e. The summed E-state index contributed by atoms with van der Waals surface area (Å²) in [7, 11) is 0. The minimum absolute atomic E-state index is 0.00166. The Morgan fingerprint density at radius 3 is 2.56 bits per heavy atom. The highest BCUT2D eigenvalue weighted by atomic mass is 35.5. The number of nitro groups is 1. The maximum atomic E-state index is 11.8. The minimum atomic E-state index is -0.613. The van der Waals surface area contributed by atoms with E-state index in [1.807, 2.05) is 6.07 Å². The van der Waals surface area contributed by atoms with E-state index >= 15 is 0 Å². The van der Waals surface area contributed by atoms with Crippen molar-refractivity contribution in [3.05, 3.63) is 55.7 Å². The van der Waals surface area contributed by atoms with Gasteiger partial charge in [-0.2, -0.15) is 0 Å². The first-order valence-electron chi connectivity index (χ1n) is 4.88. The second kappa shape index (κ2) is 5.16. The Kier molecular flexibility index (Phi) is 3.59. The van der Waals surface area contributed by atoms with E-state index in [1.54, 1.807) is 24.3 Å². The summed E-state index contributed by atoms with van der Waals surface area (Å²) in [5.41, 5.74) is 0.370. The number of rotatable bonds is 3. The van der Waals surface area contributed by atoms with Crippen molar-refractivity contribution >= 4 is 40.2 Å². The predicted molar refractivity (Wildman–Crippen MR) is 70.4 cm³/mol. The van der Waals surface area contributed by atoms with Crippen LogP contribution in [0.5, 0.6) is 0 Å². The molecule has 1 amide bonds. The van der Waals surface area contributed by atoms with Crippen LogP contribution in [-0.2, 0) is 0 Å². The molecule has 0 aliphatic rings. The van der Waals surface area contributed by atoms with Gasteiger partial charge >= 0.3 is 0 Å². The number of carbonyl (C=O) groups is 1. The van der Waals surface area contributed by atoms with E-state index in [-0.39, 0.29) is 14.9 Å². The summed E-state index contributed by atoms with van der Waals surface area (Å²) in [6.45, 7) is 0. The van der Waals surface area contributed by atoms with E-state index in [9.17, 15) is 14.9 Å². The van der Waals surface area contributed by atoms with Gasteiger partial charge in [-0.05, 0) is 12.1 Å². The summed E-state index contributed by atoms with van der Waals surface area (Å²) >= 11 is 6.57. The second-order valence-electron chi connectivity index (χ2n) is 3.35. The van der Waals surface area contributed by atoms with Gasteiger partial charge in [0.2, 0.25) is 0 Å². The summed E-state index contributed by atoms with van der Waals surface area (Å²) in [6, 6.07) is 10.00. The molecule has 5 nitrogen and oxygen atoms in total. The van der Waals surface area contributed by atoms with Crippen LogP contribution in [0.3, 0.4) is 0 Å². The number of amides is 1. The molecule has 0 saturated heterocycles. The van der Waals surface area contributed by atoms with E-state index < -0.39 is 10.8 Å². The summed E-state index contributed by atoms with van der Waals surface area (Å²) in [6.07, 6.45) is 0. The molecule has 0 radical (unpaired) electrons. The van der Waals surface area contributed by atoms with Crippen molar-refractivity contribution in [1.82, 2.24) is 0 Å². The third-order valence-corrected chi connectivity index (χ3v) is 3.46. The Labute approximate surface area is 111 Å². The van der Waals surface area contributed by atoms with Gasteiger partial charge in [-0.15, -0.1) is 11.3 Å². The Morgan fingerprint density at radius 2 is 2.00 bits per heavy atom. The Hall–Kier alpha value is -1.92. The van der Waals surface area contributed by atoms with Crippen molar-refractivity contribution < 1.29 is 9.72 Å². The van der Waals surface area contributed by atoms with Gasteiger partial charge in [0.25, 0.3) is 11.6 Å². The van der Waals surface area contributed by atoms with Crippen LogP contribution in [0, 0.1) is 10.1 Å². The average molecular weight is 283 g/mol. The van der Waals surface area contributed by atoms with Gasteiger partial charge in [0.15, 0.2) is 4.34 Å². The van der Waals surface area contributed by atoms with Gasteiger partial charge in [0.1, 0.15) is 4.88 Å². The number of halogens is 1. The maximum Gasteiger partial charge on any atom is 0.299 e. The Bertz CT molecular complexity index is 598. The summed E-state index contributed by atoms with van der Waals surface area (Å²) in [5.74, 6) is -0.416. The number of hydrogen-bond acceptors (Lipinski definition) is 4. The van der Waals surface area contributed by atoms with Gasteiger partial charge in [-0.1, -0.05) is 29.8 Å². The van der Waals surface area contributed by atoms with Crippen LogP contribution in [0.4, 0.5) is 11.4 Å². The van der Waals surface area contributed by atoms with Crippen LogP contribution in [0.15, 0.2) is 36.4 Å². The molecule has 1 heterocycles. The zero-order valence-corrected chi connectivity index (χ0v) is 10.5. The molecule has 0 bridgehead atoms. The smallest absolute Gasteiger partial charge is 0.299 e. The number of hydrogen-bond donors (Lipinski definition) is 1. The van der Waals surface area contributed by atoms with E-state index in [1.165, 1.54) is 6.07 Å². The molecule has 2 aromatic rings. The standard InChI is InChI=1S/C11H7ClN2O3S/c12-10-8(14(16)17)6-9(18-10)11(15)13-7-4-2-1-3-5-7/h1-6H,(H,13,15). The van der Waals surface area contributed by atoms with Crippen molar-refractivity contribution in [3.8, 4) is 0 Å². The van der Waals surface area contributed by atoms with Gasteiger partial charge in [-0.3, -0.25) is 14.9 Å². The molecular weight excluding hydrogens is 276 g/mol. The van der Waals surface area contributed by atoms with E-state index in [4.69, 9.17) is 11.6 Å². The van der Waals surface area contributed by atoms with Gasteiger partial charge < -0.3 is 5.32 Å². The zero-order valence-electron chi connectivity index (χ0n) is 8.92. The predicted octanol–water partition coefficient (Wildman–Crippen LogP) is 3.56. The first-order valence-corrected chi connectivity index (χ1v) is 6.07. The average Bonchev–Trinajstić information content (AvgIpc) is 2.73. The molecule has 2 rings (SSSR count). The molecule has 0 aliphatic carbocycles. The van der Waals surface area contributed by atoms with Crippen LogP contribution in [-0.4, -0.2) is 10.8 Å². The number of carbonyl (C=O) groups excluding carboxylic acids is 1. The molecule has 1 aromatic heterocycles. The van der Waals surface area contributed by atoms with E-state index in [0.717, 1.165) is 11.3 Å². The molecule has 0 aliphatic heterocycles.